The van der Waals surface area contributed by atoms with E-state index < -0.39 is 63.2 Å². The van der Waals surface area contributed by atoms with Gasteiger partial charge in [0.15, 0.2) is 6.10 Å². The number of fused-ring (bicyclic) bond motifs is 4. The maximum absolute atomic E-state index is 14.7. The maximum atomic E-state index is 14.7. The number of carboxylic acid groups (broad SMARTS) is 1. The lowest BCUT2D eigenvalue weighted by Crippen LogP contribution is -2.68. The summed E-state index contributed by atoms with van der Waals surface area (Å²) in [6.07, 6.45) is -1.34. The zero-order valence-electron chi connectivity index (χ0n) is 24.0. The predicted octanol–water partition coefficient (Wildman–Crippen LogP) is 3.86. The predicted molar refractivity (Wildman–Crippen MR) is 139 cm³/mol. The van der Waals surface area contributed by atoms with E-state index in [0.29, 0.717) is 30.4 Å². The third-order valence-electron chi connectivity index (χ3n) is 12.3. The van der Waals surface area contributed by atoms with E-state index in [1.165, 1.54) is 6.92 Å². The number of aliphatic hydroxyl groups is 2. The summed E-state index contributed by atoms with van der Waals surface area (Å²) >= 11 is 0. The smallest absolute Gasteiger partial charge is 0.303 e. The standard InChI is InChI=1S/C30H44O8/c1-15(9-10-21(35)36)17-13-20(34)30(8)22-18(32)14-28(6)26(3,4)19(33)11-12-27(28,5)23(22)24(37)25(29(17,30)7)38-16(2)31/h15,17-19,25,32-33H,9-14H2,1-8H3,(H,35,36)/t15-,17-,18+,19+,25-,27-,28+,29+,30+/m1/s1. The molecule has 4 aliphatic carbocycles. The lowest BCUT2D eigenvalue weighted by atomic mass is 9.37. The van der Waals surface area contributed by atoms with Crippen LogP contribution < -0.4 is 0 Å². The molecule has 0 aromatic heterocycles. The van der Waals surface area contributed by atoms with Gasteiger partial charge in [0.1, 0.15) is 5.78 Å². The highest BCUT2D eigenvalue weighted by molar-refractivity contribution is 6.08. The van der Waals surface area contributed by atoms with E-state index in [1.807, 2.05) is 41.5 Å². The maximum Gasteiger partial charge on any atom is 0.303 e. The van der Waals surface area contributed by atoms with Crippen molar-refractivity contribution in [3.63, 3.8) is 0 Å². The number of carboxylic acids is 1. The Morgan fingerprint density at radius 3 is 2.24 bits per heavy atom. The first-order valence-corrected chi connectivity index (χ1v) is 13.9. The van der Waals surface area contributed by atoms with Crippen molar-refractivity contribution in [1.82, 2.24) is 0 Å². The second-order valence-electron chi connectivity index (χ2n) is 13.9. The Morgan fingerprint density at radius 1 is 1.08 bits per heavy atom. The fourth-order valence-electron chi connectivity index (χ4n) is 9.24. The topological polar surface area (TPSA) is 138 Å². The number of aliphatic hydroxyl groups excluding tert-OH is 2. The number of rotatable bonds is 5. The SMILES string of the molecule is CC(=O)O[C@@H]1C(=O)C2=C([C@@H](O)C[C@@]3(C)C(C)(C)[C@@H](O)CC[C@]23C)[C@]2(C)C(=O)C[C@H]([C@H](C)CCC(=O)O)[C@@]12C. The van der Waals surface area contributed by atoms with E-state index in [1.54, 1.807) is 6.92 Å². The van der Waals surface area contributed by atoms with Gasteiger partial charge >= 0.3 is 11.9 Å². The lowest BCUT2D eigenvalue weighted by Gasteiger charge is -2.67. The minimum Gasteiger partial charge on any atom is -0.481 e. The summed E-state index contributed by atoms with van der Waals surface area (Å²) < 4.78 is 5.83. The van der Waals surface area contributed by atoms with Crippen LogP contribution in [0.1, 0.15) is 93.9 Å². The molecule has 0 aromatic rings. The Morgan fingerprint density at radius 2 is 1.68 bits per heavy atom. The monoisotopic (exact) mass is 532 g/mol. The van der Waals surface area contributed by atoms with Crippen LogP contribution in [0.25, 0.3) is 0 Å². The summed E-state index contributed by atoms with van der Waals surface area (Å²) in [7, 11) is 0. The van der Waals surface area contributed by atoms with Gasteiger partial charge in [0.25, 0.3) is 0 Å². The second kappa shape index (κ2) is 8.72. The van der Waals surface area contributed by atoms with Crippen molar-refractivity contribution in [2.24, 2.45) is 38.9 Å². The highest BCUT2D eigenvalue weighted by Gasteiger charge is 2.76. The average Bonchev–Trinajstić information content (AvgIpc) is 3.02. The first-order chi connectivity index (χ1) is 17.3. The molecule has 0 unspecified atom stereocenters. The van der Waals surface area contributed by atoms with Crippen LogP contribution in [0.5, 0.6) is 0 Å². The zero-order valence-corrected chi connectivity index (χ0v) is 24.0. The van der Waals surface area contributed by atoms with Crippen LogP contribution in [0.4, 0.5) is 0 Å². The van der Waals surface area contributed by atoms with Crippen molar-refractivity contribution < 1.29 is 39.2 Å². The summed E-state index contributed by atoms with van der Waals surface area (Å²) in [5.74, 6) is -2.71. The third-order valence-corrected chi connectivity index (χ3v) is 12.3. The molecule has 0 amide bonds. The van der Waals surface area contributed by atoms with E-state index in [9.17, 15) is 34.5 Å². The molecule has 9 atom stereocenters. The summed E-state index contributed by atoms with van der Waals surface area (Å²) in [5.41, 5.74) is -3.67. The Bertz CT molecular complexity index is 1120. The molecule has 0 saturated heterocycles. The number of ketones is 2. The molecular weight excluding hydrogens is 488 g/mol. The van der Waals surface area contributed by atoms with Gasteiger partial charge in [0.2, 0.25) is 5.78 Å². The fraction of sp³-hybridized carbons (Fsp3) is 0.800. The van der Waals surface area contributed by atoms with Crippen LogP contribution in [0, 0.1) is 38.9 Å². The first-order valence-electron chi connectivity index (χ1n) is 13.9. The molecule has 4 aliphatic rings. The molecule has 0 bridgehead atoms. The number of carbonyl (C=O) groups is 4. The van der Waals surface area contributed by atoms with Crippen LogP contribution in [-0.4, -0.2) is 57.1 Å². The summed E-state index contributed by atoms with van der Waals surface area (Å²) in [6, 6.07) is 0. The first kappa shape index (κ1) is 28.9. The Labute approximate surface area is 225 Å². The molecule has 2 saturated carbocycles. The van der Waals surface area contributed by atoms with E-state index in [-0.39, 0.29) is 36.7 Å². The largest absolute Gasteiger partial charge is 0.481 e. The molecule has 0 heterocycles. The van der Waals surface area contributed by atoms with Crippen molar-refractivity contribution in [3.05, 3.63) is 11.1 Å². The van der Waals surface area contributed by atoms with Crippen LogP contribution >= 0.6 is 0 Å². The van der Waals surface area contributed by atoms with Gasteiger partial charge in [0.05, 0.1) is 17.6 Å². The number of Topliss-reactive ketones (excluding diaryl/α,β-unsaturated/α-hetero) is 2. The fourth-order valence-corrected chi connectivity index (χ4v) is 9.24. The second-order valence-corrected chi connectivity index (χ2v) is 13.9. The van der Waals surface area contributed by atoms with Crippen molar-refractivity contribution >= 4 is 23.5 Å². The van der Waals surface area contributed by atoms with Crippen LogP contribution in [-0.2, 0) is 23.9 Å². The van der Waals surface area contributed by atoms with Crippen molar-refractivity contribution in [2.75, 3.05) is 0 Å². The molecule has 4 rings (SSSR count). The van der Waals surface area contributed by atoms with Gasteiger partial charge in [0, 0.05) is 36.2 Å². The third kappa shape index (κ3) is 3.34. The lowest BCUT2D eigenvalue weighted by molar-refractivity contribution is -0.191. The van der Waals surface area contributed by atoms with Gasteiger partial charge in [-0.25, -0.2) is 0 Å². The van der Waals surface area contributed by atoms with Crippen molar-refractivity contribution in [1.29, 1.82) is 0 Å². The minimum absolute atomic E-state index is 0.0742. The van der Waals surface area contributed by atoms with E-state index in [0.717, 1.165) is 0 Å². The molecular formula is C30H44O8. The molecule has 0 spiro atoms. The minimum atomic E-state index is -1.28. The summed E-state index contributed by atoms with van der Waals surface area (Å²) in [4.78, 5) is 52.5. The van der Waals surface area contributed by atoms with E-state index >= 15 is 0 Å². The van der Waals surface area contributed by atoms with Gasteiger partial charge < -0.3 is 20.1 Å². The van der Waals surface area contributed by atoms with Gasteiger partial charge in [-0.3, -0.25) is 19.2 Å². The van der Waals surface area contributed by atoms with Crippen molar-refractivity contribution in [2.45, 2.75) is 112 Å². The van der Waals surface area contributed by atoms with Crippen LogP contribution in [0.3, 0.4) is 0 Å². The molecule has 8 nitrogen and oxygen atoms in total. The van der Waals surface area contributed by atoms with Crippen molar-refractivity contribution in [3.8, 4) is 0 Å². The molecule has 3 N–H and O–H groups in total. The number of ether oxygens (including phenoxy) is 1. The highest BCUT2D eigenvalue weighted by atomic mass is 16.5. The molecule has 2 fully saturated rings. The Balaban J connectivity index is 2.00. The molecule has 0 aliphatic heterocycles. The molecule has 212 valence electrons. The summed E-state index contributed by atoms with van der Waals surface area (Å²) in [6.45, 7) is 14.7. The highest BCUT2D eigenvalue weighted by Crippen LogP contribution is 2.74. The Kier molecular flexibility index (Phi) is 6.64. The number of aliphatic carboxylic acids is 1. The quantitative estimate of drug-likeness (QED) is 0.454. The number of carbonyl (C=O) groups excluding carboxylic acids is 3. The van der Waals surface area contributed by atoms with Gasteiger partial charge in [-0.15, -0.1) is 0 Å². The zero-order chi connectivity index (χ0) is 28.8. The van der Waals surface area contributed by atoms with E-state index in [4.69, 9.17) is 4.74 Å². The Hall–Kier alpha value is -2.06. The number of hydrogen-bond acceptors (Lipinski definition) is 7. The summed E-state index contributed by atoms with van der Waals surface area (Å²) in [5, 5.41) is 32.1. The normalized spacial score (nSPS) is 44.7. The number of hydrogen-bond donors (Lipinski definition) is 3. The van der Waals surface area contributed by atoms with Gasteiger partial charge in [-0.1, -0.05) is 41.5 Å². The number of esters is 1. The van der Waals surface area contributed by atoms with Gasteiger partial charge in [-0.05, 0) is 60.8 Å². The molecule has 38 heavy (non-hydrogen) atoms. The van der Waals surface area contributed by atoms with E-state index in [2.05, 4.69) is 0 Å². The molecule has 0 radical (unpaired) electrons. The molecule has 0 aromatic carbocycles. The van der Waals surface area contributed by atoms with Crippen LogP contribution in [0.15, 0.2) is 11.1 Å². The molecule has 8 heteroatoms. The van der Waals surface area contributed by atoms with Gasteiger partial charge in [-0.2, -0.15) is 0 Å². The van der Waals surface area contributed by atoms with Crippen LogP contribution in [0.2, 0.25) is 0 Å². The average molecular weight is 533 g/mol.